The number of benzene rings is 2. The smallest absolute Gasteiger partial charge is 0.132 e. The molecule has 110 valence electrons. The van der Waals surface area contributed by atoms with Crippen molar-refractivity contribution in [3.05, 3.63) is 90.1 Å². The molecular formula is C19H19N3. The summed E-state index contributed by atoms with van der Waals surface area (Å²) in [5.74, 6) is 0.898. The molecule has 22 heavy (non-hydrogen) atoms. The van der Waals surface area contributed by atoms with Gasteiger partial charge in [-0.15, -0.1) is 0 Å². The predicted molar refractivity (Wildman–Crippen MR) is 91.2 cm³/mol. The van der Waals surface area contributed by atoms with Crippen molar-refractivity contribution in [2.24, 2.45) is 5.73 Å². The monoisotopic (exact) mass is 289 g/mol. The third-order valence-electron chi connectivity index (χ3n) is 3.78. The average molecular weight is 289 g/mol. The van der Waals surface area contributed by atoms with Crippen LogP contribution in [0.3, 0.4) is 0 Å². The van der Waals surface area contributed by atoms with Gasteiger partial charge in [0.05, 0.1) is 6.04 Å². The van der Waals surface area contributed by atoms with Crippen LogP contribution in [-0.2, 0) is 0 Å². The van der Waals surface area contributed by atoms with Crippen molar-refractivity contribution >= 4 is 11.5 Å². The van der Waals surface area contributed by atoms with Crippen LogP contribution in [0.25, 0.3) is 0 Å². The molecular weight excluding hydrogens is 270 g/mol. The number of pyridine rings is 1. The Balaban J connectivity index is 1.81. The number of hydrogen-bond acceptors (Lipinski definition) is 3. The zero-order chi connectivity index (χ0) is 15.4. The molecule has 3 nitrogen and oxygen atoms in total. The Bertz CT molecular complexity index is 644. The third kappa shape index (κ3) is 3.00. The van der Waals surface area contributed by atoms with Gasteiger partial charge in [0.1, 0.15) is 5.82 Å². The number of rotatable bonds is 4. The van der Waals surface area contributed by atoms with Gasteiger partial charge in [-0.2, -0.15) is 0 Å². The first-order valence-corrected chi connectivity index (χ1v) is 7.31. The molecule has 1 heterocycles. The van der Waals surface area contributed by atoms with Crippen LogP contribution in [-0.4, -0.2) is 12.0 Å². The highest BCUT2D eigenvalue weighted by Crippen LogP contribution is 2.24. The maximum Gasteiger partial charge on any atom is 0.132 e. The van der Waals surface area contributed by atoms with Gasteiger partial charge in [0, 0.05) is 18.9 Å². The maximum absolute atomic E-state index is 6.30. The topological polar surface area (TPSA) is 42.1 Å². The van der Waals surface area contributed by atoms with Gasteiger partial charge in [-0.3, -0.25) is 0 Å². The van der Waals surface area contributed by atoms with Crippen LogP contribution in [0.5, 0.6) is 0 Å². The SMILES string of the molecule is CN(c1ccccc1)c1ccc([C@H](N)c2ccccc2)cn1. The molecule has 3 rings (SSSR count). The van der Waals surface area contributed by atoms with Crippen molar-refractivity contribution in [3.8, 4) is 0 Å². The standard InChI is InChI=1S/C19H19N3/c1-22(17-10-6-3-7-11-17)18-13-12-16(14-21-18)19(20)15-8-4-2-5-9-15/h2-14,19H,20H2,1H3/t19-/m1/s1. The van der Waals surface area contributed by atoms with Gasteiger partial charge < -0.3 is 10.6 Å². The number of nitrogens with two attached hydrogens (primary N) is 1. The number of nitrogens with zero attached hydrogens (tertiary/aromatic N) is 2. The van der Waals surface area contributed by atoms with E-state index >= 15 is 0 Å². The van der Waals surface area contributed by atoms with Crippen molar-refractivity contribution in [1.29, 1.82) is 0 Å². The molecule has 3 aromatic rings. The minimum absolute atomic E-state index is 0.148. The summed E-state index contributed by atoms with van der Waals surface area (Å²) < 4.78 is 0. The highest BCUT2D eigenvalue weighted by molar-refractivity contribution is 5.58. The van der Waals surface area contributed by atoms with Crippen molar-refractivity contribution in [2.45, 2.75) is 6.04 Å². The Morgan fingerprint density at radius 2 is 1.45 bits per heavy atom. The summed E-state index contributed by atoms with van der Waals surface area (Å²) in [6.07, 6.45) is 1.85. The van der Waals surface area contributed by atoms with E-state index in [0.29, 0.717) is 0 Å². The van der Waals surface area contributed by atoms with E-state index in [4.69, 9.17) is 5.73 Å². The van der Waals surface area contributed by atoms with Gasteiger partial charge in [0.15, 0.2) is 0 Å². The van der Waals surface area contributed by atoms with E-state index in [1.165, 1.54) is 0 Å². The van der Waals surface area contributed by atoms with Gasteiger partial charge in [-0.05, 0) is 29.3 Å². The zero-order valence-corrected chi connectivity index (χ0v) is 12.6. The number of aromatic nitrogens is 1. The Morgan fingerprint density at radius 3 is 2.05 bits per heavy atom. The molecule has 0 aliphatic carbocycles. The quantitative estimate of drug-likeness (QED) is 0.792. The Morgan fingerprint density at radius 1 is 0.818 bits per heavy atom. The van der Waals surface area contributed by atoms with Crippen LogP contribution in [0, 0.1) is 0 Å². The van der Waals surface area contributed by atoms with E-state index < -0.39 is 0 Å². The number of para-hydroxylation sites is 1. The molecule has 0 amide bonds. The van der Waals surface area contributed by atoms with Crippen molar-refractivity contribution in [3.63, 3.8) is 0 Å². The van der Waals surface area contributed by atoms with Gasteiger partial charge in [-0.1, -0.05) is 54.6 Å². The molecule has 0 aliphatic heterocycles. The molecule has 3 heteroatoms. The second-order valence-corrected chi connectivity index (χ2v) is 5.23. The fourth-order valence-electron chi connectivity index (χ4n) is 2.42. The van der Waals surface area contributed by atoms with Crippen molar-refractivity contribution < 1.29 is 0 Å². The van der Waals surface area contributed by atoms with Gasteiger partial charge in [-0.25, -0.2) is 4.98 Å². The molecule has 0 saturated heterocycles. The molecule has 1 atom stereocenters. The van der Waals surface area contributed by atoms with Crippen molar-refractivity contribution in [2.75, 3.05) is 11.9 Å². The second kappa shape index (κ2) is 6.41. The summed E-state index contributed by atoms with van der Waals surface area (Å²) in [5, 5.41) is 0. The van der Waals surface area contributed by atoms with Crippen LogP contribution in [0.1, 0.15) is 17.2 Å². The lowest BCUT2D eigenvalue weighted by molar-refractivity contribution is 0.862. The lowest BCUT2D eigenvalue weighted by atomic mass is 10.0. The average Bonchev–Trinajstić information content (AvgIpc) is 2.62. The highest BCUT2D eigenvalue weighted by atomic mass is 15.2. The summed E-state index contributed by atoms with van der Waals surface area (Å²) in [7, 11) is 2.01. The van der Waals surface area contributed by atoms with E-state index in [1.54, 1.807) is 0 Å². The molecule has 0 bridgehead atoms. The molecule has 0 unspecified atom stereocenters. The summed E-state index contributed by atoms with van der Waals surface area (Å²) in [5.41, 5.74) is 9.51. The van der Waals surface area contributed by atoms with E-state index in [0.717, 1.165) is 22.6 Å². The molecule has 0 saturated carbocycles. The molecule has 0 aliphatic rings. The van der Waals surface area contributed by atoms with Crippen LogP contribution < -0.4 is 10.6 Å². The normalized spacial score (nSPS) is 11.9. The third-order valence-corrected chi connectivity index (χ3v) is 3.78. The number of hydrogen-bond donors (Lipinski definition) is 1. The Labute approximate surface area is 131 Å². The Hall–Kier alpha value is -2.65. The molecule has 0 radical (unpaired) electrons. The molecule has 0 spiro atoms. The van der Waals surface area contributed by atoms with Gasteiger partial charge >= 0.3 is 0 Å². The largest absolute Gasteiger partial charge is 0.329 e. The summed E-state index contributed by atoms with van der Waals surface area (Å²) in [4.78, 5) is 6.60. The van der Waals surface area contributed by atoms with Gasteiger partial charge in [0.25, 0.3) is 0 Å². The lowest BCUT2D eigenvalue weighted by Gasteiger charge is -2.19. The molecule has 2 aromatic carbocycles. The Kier molecular flexibility index (Phi) is 4.17. The van der Waals surface area contributed by atoms with E-state index in [2.05, 4.69) is 22.0 Å². The van der Waals surface area contributed by atoms with Crippen LogP contribution in [0.15, 0.2) is 79.0 Å². The first kappa shape index (κ1) is 14.3. The van der Waals surface area contributed by atoms with Crippen LogP contribution >= 0.6 is 0 Å². The molecule has 0 fully saturated rings. The number of anilines is 2. The van der Waals surface area contributed by atoms with E-state index in [-0.39, 0.29) is 6.04 Å². The fourth-order valence-corrected chi connectivity index (χ4v) is 2.42. The second-order valence-electron chi connectivity index (χ2n) is 5.23. The van der Waals surface area contributed by atoms with Crippen LogP contribution in [0.2, 0.25) is 0 Å². The van der Waals surface area contributed by atoms with E-state index in [1.807, 2.05) is 73.9 Å². The fraction of sp³-hybridized carbons (Fsp3) is 0.105. The first-order valence-electron chi connectivity index (χ1n) is 7.31. The molecule has 1 aromatic heterocycles. The predicted octanol–water partition coefficient (Wildman–Crippen LogP) is 3.90. The molecule has 2 N–H and O–H groups in total. The van der Waals surface area contributed by atoms with Gasteiger partial charge in [0.2, 0.25) is 0 Å². The van der Waals surface area contributed by atoms with E-state index in [9.17, 15) is 0 Å². The minimum atomic E-state index is -0.148. The lowest BCUT2D eigenvalue weighted by Crippen LogP contribution is -2.14. The minimum Gasteiger partial charge on any atom is -0.329 e. The maximum atomic E-state index is 6.30. The van der Waals surface area contributed by atoms with Crippen LogP contribution in [0.4, 0.5) is 11.5 Å². The summed E-state index contributed by atoms with van der Waals surface area (Å²) in [6.45, 7) is 0. The summed E-state index contributed by atoms with van der Waals surface area (Å²) in [6, 6.07) is 24.1. The highest BCUT2D eigenvalue weighted by Gasteiger charge is 2.10. The van der Waals surface area contributed by atoms with Crippen molar-refractivity contribution in [1.82, 2.24) is 4.98 Å². The first-order chi connectivity index (χ1) is 10.8. The summed E-state index contributed by atoms with van der Waals surface area (Å²) >= 11 is 0. The zero-order valence-electron chi connectivity index (χ0n) is 12.6.